The van der Waals surface area contributed by atoms with Crippen LogP contribution in [-0.4, -0.2) is 11.2 Å². The summed E-state index contributed by atoms with van der Waals surface area (Å²) in [5.41, 5.74) is 0. The predicted octanol–water partition coefficient (Wildman–Crippen LogP) is 3.75. The van der Waals surface area contributed by atoms with Crippen LogP contribution in [0.25, 0.3) is 0 Å². The molecule has 0 saturated carbocycles. The monoisotopic (exact) mass is 186 g/mol. The molecule has 0 aromatic heterocycles. The molecule has 0 aliphatic heterocycles. The van der Waals surface area contributed by atoms with Gasteiger partial charge in [-0.15, -0.1) is 0 Å². The van der Waals surface area contributed by atoms with Crippen LogP contribution in [0.2, 0.25) is 0 Å². The van der Waals surface area contributed by atoms with Crippen LogP contribution in [-0.2, 0) is 0 Å². The third-order valence-electron chi connectivity index (χ3n) is 2.60. The summed E-state index contributed by atoms with van der Waals surface area (Å²) in [6, 6.07) is 0. The third-order valence-corrected chi connectivity index (χ3v) is 2.60. The van der Waals surface area contributed by atoms with Gasteiger partial charge in [0.05, 0.1) is 6.10 Å². The van der Waals surface area contributed by atoms with Crippen molar-refractivity contribution in [2.75, 3.05) is 0 Å². The second-order valence-electron chi connectivity index (χ2n) is 4.38. The highest BCUT2D eigenvalue weighted by Crippen LogP contribution is 2.15. The molecule has 0 fully saturated rings. The Balaban J connectivity index is 3.06. The van der Waals surface area contributed by atoms with Gasteiger partial charge in [-0.1, -0.05) is 52.4 Å². The lowest BCUT2D eigenvalue weighted by atomic mass is 9.98. The number of hydrogen-bond donors (Lipinski definition) is 1. The molecule has 13 heavy (non-hydrogen) atoms. The van der Waals surface area contributed by atoms with Crippen LogP contribution in [0.15, 0.2) is 0 Å². The molecule has 0 saturated heterocycles. The number of rotatable bonds is 8. The zero-order chi connectivity index (χ0) is 10.1. The normalized spacial score (nSPS) is 15.7. The summed E-state index contributed by atoms with van der Waals surface area (Å²) in [6.07, 6.45) is 8.75. The summed E-state index contributed by atoms with van der Waals surface area (Å²) < 4.78 is 0. The molecule has 1 nitrogen and oxygen atoms in total. The minimum atomic E-state index is -0.104. The minimum Gasteiger partial charge on any atom is -0.393 e. The fraction of sp³-hybridized carbons (Fsp3) is 1.00. The Hall–Kier alpha value is -0.0400. The van der Waals surface area contributed by atoms with Crippen molar-refractivity contribution in [3.63, 3.8) is 0 Å². The molecule has 0 amide bonds. The molecule has 0 heterocycles. The van der Waals surface area contributed by atoms with E-state index in [1.54, 1.807) is 0 Å². The highest BCUT2D eigenvalue weighted by atomic mass is 16.3. The Morgan fingerprint density at radius 3 is 2.08 bits per heavy atom. The topological polar surface area (TPSA) is 20.2 Å². The van der Waals surface area contributed by atoms with Crippen LogP contribution >= 0.6 is 0 Å². The summed E-state index contributed by atoms with van der Waals surface area (Å²) >= 11 is 0. The zero-order valence-corrected chi connectivity index (χ0v) is 9.55. The first-order chi connectivity index (χ1) is 6.16. The van der Waals surface area contributed by atoms with Gasteiger partial charge in [0.25, 0.3) is 0 Å². The van der Waals surface area contributed by atoms with E-state index in [-0.39, 0.29) is 6.10 Å². The van der Waals surface area contributed by atoms with Crippen LogP contribution < -0.4 is 0 Å². The fourth-order valence-electron chi connectivity index (χ4n) is 1.75. The van der Waals surface area contributed by atoms with Gasteiger partial charge < -0.3 is 5.11 Å². The molecule has 0 bridgehead atoms. The summed E-state index contributed by atoms with van der Waals surface area (Å²) in [6.45, 7) is 6.47. The third kappa shape index (κ3) is 9.88. The molecule has 2 atom stereocenters. The summed E-state index contributed by atoms with van der Waals surface area (Å²) in [7, 11) is 0. The summed E-state index contributed by atoms with van der Waals surface area (Å²) in [5.74, 6) is 0.900. The minimum absolute atomic E-state index is 0.104. The van der Waals surface area contributed by atoms with E-state index in [0.717, 1.165) is 12.3 Å². The van der Waals surface area contributed by atoms with Gasteiger partial charge in [-0.2, -0.15) is 0 Å². The Morgan fingerprint density at radius 1 is 0.923 bits per heavy atom. The highest BCUT2D eigenvalue weighted by Gasteiger charge is 2.00. The molecule has 0 aliphatic carbocycles. The van der Waals surface area contributed by atoms with Crippen LogP contribution in [0.3, 0.4) is 0 Å². The number of aliphatic hydroxyl groups excluding tert-OH is 1. The van der Waals surface area contributed by atoms with Crippen molar-refractivity contribution < 1.29 is 5.11 Å². The van der Waals surface area contributed by atoms with Crippen molar-refractivity contribution in [2.45, 2.75) is 71.8 Å². The highest BCUT2D eigenvalue weighted by molar-refractivity contribution is 4.54. The quantitative estimate of drug-likeness (QED) is 0.572. The second-order valence-corrected chi connectivity index (χ2v) is 4.38. The molecule has 0 aliphatic rings. The number of aliphatic hydroxyl groups is 1. The lowest BCUT2D eigenvalue weighted by Crippen LogP contribution is -1.99. The van der Waals surface area contributed by atoms with Gasteiger partial charge in [-0.3, -0.25) is 0 Å². The van der Waals surface area contributed by atoms with Crippen molar-refractivity contribution in [3.8, 4) is 0 Å². The lowest BCUT2D eigenvalue weighted by molar-refractivity contribution is 0.180. The van der Waals surface area contributed by atoms with Crippen LogP contribution in [0.1, 0.15) is 65.7 Å². The van der Waals surface area contributed by atoms with E-state index in [1.807, 2.05) is 6.92 Å². The molecule has 0 aromatic carbocycles. The maximum absolute atomic E-state index is 9.05. The van der Waals surface area contributed by atoms with Crippen LogP contribution in [0.4, 0.5) is 0 Å². The fourth-order valence-corrected chi connectivity index (χ4v) is 1.75. The maximum Gasteiger partial charge on any atom is 0.0512 e. The van der Waals surface area contributed by atoms with Crippen molar-refractivity contribution in [3.05, 3.63) is 0 Å². The zero-order valence-electron chi connectivity index (χ0n) is 9.55. The van der Waals surface area contributed by atoms with Crippen molar-refractivity contribution in [1.29, 1.82) is 0 Å². The molecule has 0 aromatic rings. The van der Waals surface area contributed by atoms with E-state index in [0.29, 0.717) is 0 Å². The molecular formula is C12H26O. The number of hydrogen-bond acceptors (Lipinski definition) is 1. The van der Waals surface area contributed by atoms with E-state index >= 15 is 0 Å². The Labute approximate surface area is 83.5 Å². The summed E-state index contributed by atoms with van der Waals surface area (Å²) in [4.78, 5) is 0. The van der Waals surface area contributed by atoms with Gasteiger partial charge in [0, 0.05) is 0 Å². The van der Waals surface area contributed by atoms with Crippen molar-refractivity contribution in [1.82, 2.24) is 0 Å². The SMILES string of the molecule is CCCC(C)CCCCCC(C)O. The molecule has 2 unspecified atom stereocenters. The standard InChI is InChI=1S/C12H26O/c1-4-8-11(2)9-6-5-7-10-12(3)13/h11-13H,4-10H2,1-3H3. The molecule has 80 valence electrons. The van der Waals surface area contributed by atoms with Gasteiger partial charge in [0.1, 0.15) is 0 Å². The summed E-state index contributed by atoms with van der Waals surface area (Å²) in [5, 5.41) is 9.05. The average molecular weight is 186 g/mol. The number of unbranched alkanes of at least 4 members (excludes halogenated alkanes) is 2. The van der Waals surface area contributed by atoms with E-state index < -0.39 is 0 Å². The second kappa shape index (κ2) is 8.55. The van der Waals surface area contributed by atoms with E-state index in [1.165, 1.54) is 38.5 Å². The first kappa shape index (κ1) is 13.0. The van der Waals surface area contributed by atoms with Crippen LogP contribution in [0, 0.1) is 5.92 Å². The molecule has 0 radical (unpaired) electrons. The molecule has 0 rings (SSSR count). The van der Waals surface area contributed by atoms with Crippen LogP contribution in [0.5, 0.6) is 0 Å². The Kier molecular flexibility index (Phi) is 8.53. The van der Waals surface area contributed by atoms with Gasteiger partial charge in [0.2, 0.25) is 0 Å². The first-order valence-electron chi connectivity index (χ1n) is 5.84. The smallest absolute Gasteiger partial charge is 0.0512 e. The van der Waals surface area contributed by atoms with Gasteiger partial charge >= 0.3 is 0 Å². The Morgan fingerprint density at radius 2 is 1.54 bits per heavy atom. The maximum atomic E-state index is 9.05. The van der Waals surface area contributed by atoms with Gasteiger partial charge in [0.15, 0.2) is 0 Å². The van der Waals surface area contributed by atoms with E-state index in [2.05, 4.69) is 13.8 Å². The van der Waals surface area contributed by atoms with Gasteiger partial charge in [-0.25, -0.2) is 0 Å². The molecule has 1 heteroatoms. The largest absolute Gasteiger partial charge is 0.393 e. The lowest BCUT2D eigenvalue weighted by Gasteiger charge is -2.09. The van der Waals surface area contributed by atoms with E-state index in [9.17, 15) is 0 Å². The molecule has 1 N–H and O–H groups in total. The van der Waals surface area contributed by atoms with Gasteiger partial charge in [-0.05, 0) is 19.3 Å². The van der Waals surface area contributed by atoms with E-state index in [4.69, 9.17) is 5.11 Å². The van der Waals surface area contributed by atoms with Crippen molar-refractivity contribution in [2.24, 2.45) is 5.92 Å². The molecule has 0 spiro atoms. The molecular weight excluding hydrogens is 160 g/mol. The average Bonchev–Trinajstić information content (AvgIpc) is 2.03. The predicted molar refractivity (Wildman–Crippen MR) is 58.8 cm³/mol. The van der Waals surface area contributed by atoms with Crippen molar-refractivity contribution >= 4 is 0 Å². The Bertz CT molecular complexity index is 99.3. The first-order valence-corrected chi connectivity index (χ1v) is 5.84.